The molecule has 1 saturated heterocycles. The number of benzene rings is 2. The number of aromatic nitrogens is 2. The quantitative estimate of drug-likeness (QED) is 0.463. The van der Waals surface area contributed by atoms with Crippen LogP contribution in [-0.2, 0) is 13.0 Å². The van der Waals surface area contributed by atoms with Crippen LogP contribution in [0.15, 0.2) is 47.3 Å². The molecule has 31 heavy (non-hydrogen) atoms. The fraction of sp³-hybridized carbons (Fsp3) is 0.348. The highest BCUT2D eigenvalue weighted by molar-refractivity contribution is 5.80. The first-order chi connectivity index (χ1) is 15.0. The van der Waals surface area contributed by atoms with Crippen molar-refractivity contribution in [1.82, 2.24) is 9.55 Å². The van der Waals surface area contributed by atoms with Crippen LogP contribution in [0, 0.1) is 27.4 Å². The van der Waals surface area contributed by atoms with Crippen LogP contribution in [0.1, 0.15) is 31.2 Å². The normalized spacial score (nSPS) is 14.5. The molecular weight excluding hydrogens is 394 g/mol. The van der Waals surface area contributed by atoms with Gasteiger partial charge in [0.15, 0.2) is 0 Å². The summed E-state index contributed by atoms with van der Waals surface area (Å²) in [5.74, 6) is 0.995. The van der Waals surface area contributed by atoms with Crippen LogP contribution >= 0.6 is 0 Å². The summed E-state index contributed by atoms with van der Waals surface area (Å²) in [5, 5.41) is 20.8. The van der Waals surface area contributed by atoms with E-state index in [2.05, 4.69) is 16.0 Å². The zero-order valence-corrected chi connectivity index (χ0v) is 17.3. The maximum atomic E-state index is 13.2. The maximum Gasteiger partial charge on any atom is 0.270 e. The van der Waals surface area contributed by atoms with E-state index in [4.69, 9.17) is 0 Å². The number of hydrogen-bond donors (Lipinski definition) is 0. The number of nitriles is 1. The molecule has 2 aromatic carbocycles. The highest BCUT2D eigenvalue weighted by atomic mass is 16.6. The second-order valence-electron chi connectivity index (χ2n) is 7.82. The van der Waals surface area contributed by atoms with Gasteiger partial charge in [-0.2, -0.15) is 5.26 Å². The molecule has 0 amide bonds. The van der Waals surface area contributed by atoms with E-state index in [9.17, 15) is 20.2 Å². The van der Waals surface area contributed by atoms with E-state index in [0.29, 0.717) is 35.8 Å². The molecule has 8 nitrogen and oxygen atoms in total. The van der Waals surface area contributed by atoms with Crippen LogP contribution in [0.4, 0.5) is 11.4 Å². The molecule has 0 atom stereocenters. The Morgan fingerprint density at radius 3 is 2.65 bits per heavy atom. The first-order valence-electron chi connectivity index (χ1n) is 10.4. The van der Waals surface area contributed by atoms with E-state index in [1.54, 1.807) is 10.6 Å². The van der Waals surface area contributed by atoms with Gasteiger partial charge in [-0.25, -0.2) is 4.98 Å². The second kappa shape index (κ2) is 8.56. The fourth-order valence-corrected chi connectivity index (χ4v) is 4.29. The topological polar surface area (TPSA) is 105 Å². The molecule has 0 N–H and O–H groups in total. The van der Waals surface area contributed by atoms with Crippen molar-refractivity contribution in [1.29, 1.82) is 5.26 Å². The standard InChI is InChI=1S/C23H23N5O3/c1-2-22-25-20-8-7-18(28(30)31)13-19(20)23(29)27(22)15-16-9-11-26(12-10-16)21-6-4-3-5-17(21)14-24/h3-8,13,16H,2,9-12,15H2,1H3. The maximum absolute atomic E-state index is 13.2. The molecule has 8 heteroatoms. The van der Waals surface area contributed by atoms with Crippen LogP contribution in [0.2, 0.25) is 0 Å². The lowest BCUT2D eigenvalue weighted by Gasteiger charge is -2.34. The monoisotopic (exact) mass is 417 g/mol. The molecule has 0 spiro atoms. The van der Waals surface area contributed by atoms with Crippen molar-refractivity contribution in [2.24, 2.45) is 5.92 Å². The summed E-state index contributed by atoms with van der Waals surface area (Å²) in [6.45, 7) is 4.12. The summed E-state index contributed by atoms with van der Waals surface area (Å²) < 4.78 is 1.69. The lowest BCUT2D eigenvalue weighted by atomic mass is 9.95. The Kier molecular flexibility index (Phi) is 5.67. The Balaban J connectivity index is 1.57. The van der Waals surface area contributed by atoms with Gasteiger partial charge in [-0.1, -0.05) is 19.1 Å². The van der Waals surface area contributed by atoms with Crippen molar-refractivity contribution in [3.63, 3.8) is 0 Å². The van der Waals surface area contributed by atoms with E-state index in [1.165, 1.54) is 12.1 Å². The number of hydrogen-bond acceptors (Lipinski definition) is 6. The van der Waals surface area contributed by atoms with Crippen LogP contribution < -0.4 is 10.5 Å². The molecule has 0 radical (unpaired) electrons. The third-order valence-electron chi connectivity index (χ3n) is 5.96. The minimum atomic E-state index is -0.494. The Morgan fingerprint density at radius 2 is 1.97 bits per heavy atom. The number of piperidine rings is 1. The summed E-state index contributed by atoms with van der Waals surface area (Å²) >= 11 is 0. The largest absolute Gasteiger partial charge is 0.370 e. The molecular formula is C23H23N5O3. The van der Waals surface area contributed by atoms with Gasteiger partial charge in [-0.15, -0.1) is 0 Å². The summed E-state index contributed by atoms with van der Waals surface area (Å²) in [4.78, 5) is 30.6. The van der Waals surface area contributed by atoms with Crippen molar-refractivity contribution >= 4 is 22.3 Å². The van der Waals surface area contributed by atoms with Crippen molar-refractivity contribution in [3.05, 3.63) is 74.3 Å². The molecule has 1 aliphatic heterocycles. The van der Waals surface area contributed by atoms with Gasteiger partial charge in [-0.3, -0.25) is 19.5 Å². The Labute approximate surface area is 179 Å². The van der Waals surface area contributed by atoms with Crippen molar-refractivity contribution in [2.45, 2.75) is 32.7 Å². The van der Waals surface area contributed by atoms with Crippen LogP contribution in [0.3, 0.4) is 0 Å². The summed E-state index contributed by atoms with van der Waals surface area (Å²) in [7, 11) is 0. The minimum Gasteiger partial charge on any atom is -0.370 e. The van der Waals surface area contributed by atoms with E-state index < -0.39 is 4.92 Å². The molecule has 2 heterocycles. The number of nitro groups is 1. The van der Waals surface area contributed by atoms with Gasteiger partial charge < -0.3 is 4.90 Å². The van der Waals surface area contributed by atoms with Crippen molar-refractivity contribution in [2.75, 3.05) is 18.0 Å². The molecule has 1 aromatic heterocycles. The molecule has 3 aromatic rings. The smallest absolute Gasteiger partial charge is 0.270 e. The average molecular weight is 417 g/mol. The van der Waals surface area contributed by atoms with E-state index in [1.807, 2.05) is 31.2 Å². The van der Waals surface area contributed by atoms with Crippen LogP contribution in [0.5, 0.6) is 0 Å². The molecule has 0 saturated carbocycles. The van der Waals surface area contributed by atoms with Crippen LogP contribution in [0.25, 0.3) is 10.9 Å². The third-order valence-corrected chi connectivity index (χ3v) is 5.96. The predicted molar refractivity (Wildman–Crippen MR) is 118 cm³/mol. The van der Waals surface area contributed by atoms with Crippen LogP contribution in [-0.4, -0.2) is 27.6 Å². The van der Waals surface area contributed by atoms with Crippen molar-refractivity contribution in [3.8, 4) is 6.07 Å². The van der Waals surface area contributed by atoms with E-state index in [0.717, 1.165) is 31.6 Å². The SMILES string of the molecule is CCc1nc2ccc([N+](=O)[O-])cc2c(=O)n1CC1CCN(c2ccccc2C#N)CC1. The molecule has 158 valence electrons. The van der Waals surface area contributed by atoms with Gasteiger partial charge in [0.2, 0.25) is 0 Å². The highest BCUT2D eigenvalue weighted by Gasteiger charge is 2.23. The number of anilines is 1. The van der Waals surface area contributed by atoms with Gasteiger partial charge >= 0.3 is 0 Å². The summed E-state index contributed by atoms with van der Waals surface area (Å²) in [6, 6.07) is 14.1. The second-order valence-corrected chi connectivity index (χ2v) is 7.82. The Bertz CT molecular complexity index is 1240. The Morgan fingerprint density at radius 1 is 1.23 bits per heavy atom. The van der Waals surface area contributed by atoms with Gasteiger partial charge in [0, 0.05) is 38.2 Å². The highest BCUT2D eigenvalue weighted by Crippen LogP contribution is 2.27. The third kappa shape index (κ3) is 3.99. The summed E-state index contributed by atoms with van der Waals surface area (Å²) in [5.41, 5.74) is 1.79. The van der Waals surface area contributed by atoms with E-state index in [-0.39, 0.29) is 16.6 Å². The Hall–Kier alpha value is -3.73. The predicted octanol–water partition coefficient (Wildman–Crippen LogP) is 3.66. The first kappa shape index (κ1) is 20.5. The van der Waals surface area contributed by atoms with E-state index >= 15 is 0 Å². The van der Waals surface area contributed by atoms with Gasteiger partial charge in [-0.05, 0) is 37.0 Å². The number of non-ortho nitro benzene ring substituents is 1. The average Bonchev–Trinajstić information content (AvgIpc) is 2.80. The van der Waals surface area contributed by atoms with Gasteiger partial charge in [0.1, 0.15) is 11.9 Å². The molecule has 0 aliphatic carbocycles. The van der Waals surface area contributed by atoms with Gasteiger partial charge in [0.05, 0.1) is 27.1 Å². The summed E-state index contributed by atoms with van der Waals surface area (Å²) in [6.07, 6.45) is 2.39. The molecule has 0 bridgehead atoms. The zero-order valence-electron chi connectivity index (χ0n) is 17.3. The van der Waals surface area contributed by atoms with Gasteiger partial charge in [0.25, 0.3) is 11.2 Å². The number of rotatable bonds is 5. The number of para-hydroxylation sites is 1. The number of nitrogens with zero attached hydrogens (tertiary/aromatic N) is 5. The molecule has 0 unspecified atom stereocenters. The minimum absolute atomic E-state index is 0.105. The lowest BCUT2D eigenvalue weighted by molar-refractivity contribution is -0.384. The zero-order chi connectivity index (χ0) is 22.0. The number of fused-ring (bicyclic) bond motifs is 1. The molecule has 1 fully saturated rings. The van der Waals surface area contributed by atoms with Crippen molar-refractivity contribution < 1.29 is 4.92 Å². The number of nitro benzene ring substituents is 1. The first-order valence-corrected chi connectivity index (χ1v) is 10.4. The lowest BCUT2D eigenvalue weighted by Crippen LogP contribution is -2.37. The fourth-order valence-electron chi connectivity index (χ4n) is 4.29. The molecule has 1 aliphatic rings. The number of aryl methyl sites for hydroxylation is 1. The molecule has 4 rings (SSSR count).